The summed E-state index contributed by atoms with van der Waals surface area (Å²) in [5, 5.41) is 11.4. The van der Waals surface area contributed by atoms with Gasteiger partial charge in [0, 0.05) is 24.7 Å². The second kappa shape index (κ2) is 9.59. The number of ether oxygens (including phenoxy) is 2. The van der Waals surface area contributed by atoms with Gasteiger partial charge in [0.1, 0.15) is 17.2 Å². The predicted octanol–water partition coefficient (Wildman–Crippen LogP) is 3.85. The van der Waals surface area contributed by atoms with E-state index in [1.165, 1.54) is 0 Å². The number of nitrogens with one attached hydrogen (secondary N) is 1. The molecule has 1 N–H and O–H groups in total. The van der Waals surface area contributed by atoms with Crippen molar-refractivity contribution in [3.05, 3.63) is 54.0 Å². The van der Waals surface area contributed by atoms with E-state index in [-0.39, 0.29) is 11.8 Å². The molecule has 0 atom stereocenters. The average molecular weight is 422 g/mol. The van der Waals surface area contributed by atoms with Crippen LogP contribution in [0.2, 0.25) is 0 Å². The molecule has 3 aromatic rings. The number of rotatable bonds is 7. The summed E-state index contributed by atoms with van der Waals surface area (Å²) in [7, 11) is 3.13. The van der Waals surface area contributed by atoms with Crippen LogP contribution in [0.25, 0.3) is 11.6 Å². The highest BCUT2D eigenvalue weighted by molar-refractivity contribution is 5.97. The van der Waals surface area contributed by atoms with Gasteiger partial charge in [-0.05, 0) is 55.9 Å². The Labute approximate surface area is 181 Å². The lowest BCUT2D eigenvalue weighted by Crippen LogP contribution is -2.31. The first kappa shape index (κ1) is 20.8. The van der Waals surface area contributed by atoms with Gasteiger partial charge in [0.05, 0.1) is 19.8 Å². The zero-order valence-electron chi connectivity index (χ0n) is 17.7. The molecule has 1 amide bonds. The molecule has 162 valence electrons. The van der Waals surface area contributed by atoms with Gasteiger partial charge in [0.2, 0.25) is 5.89 Å². The number of carbonyl (C=O) groups excluding carboxylic acids is 1. The number of methoxy groups -OCH3 is 2. The van der Waals surface area contributed by atoms with Crippen LogP contribution in [0.1, 0.15) is 47.8 Å². The molecule has 1 saturated carbocycles. The monoisotopic (exact) mass is 422 g/mol. The van der Waals surface area contributed by atoms with Crippen molar-refractivity contribution >= 4 is 5.91 Å². The minimum Gasteiger partial charge on any atom is -0.497 e. The van der Waals surface area contributed by atoms with Crippen LogP contribution in [0.4, 0.5) is 0 Å². The van der Waals surface area contributed by atoms with E-state index in [9.17, 15) is 4.79 Å². The van der Waals surface area contributed by atoms with Gasteiger partial charge in [0.15, 0.2) is 0 Å². The van der Waals surface area contributed by atoms with Gasteiger partial charge in [-0.2, -0.15) is 0 Å². The van der Waals surface area contributed by atoms with Crippen LogP contribution in [-0.2, 0) is 0 Å². The fourth-order valence-electron chi connectivity index (χ4n) is 3.92. The summed E-state index contributed by atoms with van der Waals surface area (Å²) in [6.07, 6.45) is 5.60. The van der Waals surface area contributed by atoms with Crippen LogP contribution in [0, 0.1) is 5.92 Å². The third-order valence-electron chi connectivity index (χ3n) is 5.73. The number of hydrogen-bond donors (Lipinski definition) is 1. The molecular formula is C23H26N4O4. The van der Waals surface area contributed by atoms with Crippen molar-refractivity contribution in [2.24, 2.45) is 5.92 Å². The van der Waals surface area contributed by atoms with Crippen molar-refractivity contribution < 1.29 is 18.7 Å². The number of benzene rings is 1. The Morgan fingerprint density at radius 2 is 1.94 bits per heavy atom. The van der Waals surface area contributed by atoms with Crippen molar-refractivity contribution in [2.75, 3.05) is 20.8 Å². The number of nitrogens with zero attached hydrogens (tertiary/aromatic N) is 3. The van der Waals surface area contributed by atoms with Crippen molar-refractivity contribution in [2.45, 2.75) is 31.6 Å². The maximum Gasteiger partial charge on any atom is 0.266 e. The molecule has 1 fully saturated rings. The highest BCUT2D eigenvalue weighted by Crippen LogP contribution is 2.35. The molecule has 1 aliphatic carbocycles. The molecule has 0 bridgehead atoms. The lowest BCUT2D eigenvalue weighted by Gasteiger charge is -2.26. The third kappa shape index (κ3) is 4.84. The number of hydrogen-bond acceptors (Lipinski definition) is 7. The Hall–Kier alpha value is -3.42. The van der Waals surface area contributed by atoms with Gasteiger partial charge >= 0.3 is 0 Å². The first-order chi connectivity index (χ1) is 15.2. The minimum absolute atomic E-state index is 0.140. The maximum absolute atomic E-state index is 12.6. The predicted molar refractivity (Wildman–Crippen MR) is 114 cm³/mol. The van der Waals surface area contributed by atoms with Crippen LogP contribution in [0.3, 0.4) is 0 Å². The Morgan fingerprint density at radius 1 is 1.10 bits per heavy atom. The van der Waals surface area contributed by atoms with Gasteiger partial charge in [0.25, 0.3) is 11.8 Å². The second-order valence-electron chi connectivity index (χ2n) is 7.65. The summed E-state index contributed by atoms with van der Waals surface area (Å²) >= 11 is 0. The maximum atomic E-state index is 12.6. The molecule has 8 heteroatoms. The van der Waals surface area contributed by atoms with Crippen molar-refractivity contribution in [1.29, 1.82) is 0 Å². The van der Waals surface area contributed by atoms with E-state index in [1.54, 1.807) is 38.6 Å². The van der Waals surface area contributed by atoms with Crippen molar-refractivity contribution in [3.63, 3.8) is 0 Å². The summed E-state index contributed by atoms with van der Waals surface area (Å²) < 4.78 is 16.4. The van der Waals surface area contributed by atoms with Gasteiger partial charge in [-0.3, -0.25) is 9.78 Å². The Morgan fingerprint density at radius 3 is 2.65 bits per heavy atom. The van der Waals surface area contributed by atoms with Gasteiger partial charge in [-0.25, -0.2) is 0 Å². The molecule has 1 aliphatic rings. The normalized spacial score (nSPS) is 18.4. The van der Waals surface area contributed by atoms with E-state index in [0.29, 0.717) is 47.0 Å². The van der Waals surface area contributed by atoms with E-state index in [0.717, 1.165) is 25.7 Å². The molecule has 0 spiro atoms. The molecule has 0 aliphatic heterocycles. The molecule has 2 heterocycles. The molecule has 1 aromatic carbocycles. The molecule has 4 rings (SSSR count). The Bertz CT molecular complexity index is 1010. The third-order valence-corrected chi connectivity index (χ3v) is 5.73. The first-order valence-electron chi connectivity index (χ1n) is 10.4. The molecule has 0 unspecified atom stereocenters. The quantitative estimate of drug-likeness (QED) is 0.617. The highest BCUT2D eigenvalue weighted by atomic mass is 16.5. The summed E-state index contributed by atoms with van der Waals surface area (Å²) in [4.78, 5) is 16.9. The molecule has 31 heavy (non-hydrogen) atoms. The highest BCUT2D eigenvalue weighted by Gasteiger charge is 2.27. The van der Waals surface area contributed by atoms with Crippen molar-refractivity contribution in [1.82, 2.24) is 20.5 Å². The average Bonchev–Trinajstić information content (AvgIpc) is 3.33. The molecule has 8 nitrogen and oxygen atoms in total. The summed E-state index contributed by atoms with van der Waals surface area (Å²) in [6.45, 7) is 0.629. The van der Waals surface area contributed by atoms with E-state index in [4.69, 9.17) is 13.9 Å². The smallest absolute Gasteiger partial charge is 0.266 e. The van der Waals surface area contributed by atoms with E-state index >= 15 is 0 Å². The summed E-state index contributed by atoms with van der Waals surface area (Å²) in [5.74, 6) is 2.81. The van der Waals surface area contributed by atoms with Crippen LogP contribution in [0.5, 0.6) is 11.5 Å². The molecular weight excluding hydrogens is 396 g/mol. The lowest BCUT2D eigenvalue weighted by molar-refractivity contribution is 0.0939. The number of carbonyl (C=O) groups is 1. The zero-order chi connectivity index (χ0) is 21.6. The molecule has 0 saturated heterocycles. The standard InChI is InChI=1S/C23H26N4O4/c1-29-17-10-11-18(20(13-17)30-2)21(28)25-14-15-6-8-16(9-7-15)22-26-27-23(31-22)19-5-3-4-12-24-19/h3-5,10-13,15-16H,6-9,14H2,1-2H3,(H,25,28). The first-order valence-corrected chi connectivity index (χ1v) is 10.4. The summed E-state index contributed by atoms with van der Waals surface area (Å²) in [5.41, 5.74) is 1.19. The largest absolute Gasteiger partial charge is 0.497 e. The minimum atomic E-state index is -0.140. The fourth-order valence-corrected chi connectivity index (χ4v) is 3.92. The topological polar surface area (TPSA) is 99.4 Å². The van der Waals surface area contributed by atoms with E-state index in [1.807, 2.05) is 18.2 Å². The van der Waals surface area contributed by atoms with Gasteiger partial charge < -0.3 is 19.2 Å². The molecule has 2 aromatic heterocycles. The van der Waals surface area contributed by atoms with Gasteiger partial charge in [-0.1, -0.05) is 6.07 Å². The fraction of sp³-hybridized carbons (Fsp3) is 0.391. The van der Waals surface area contributed by atoms with E-state index in [2.05, 4.69) is 20.5 Å². The van der Waals surface area contributed by atoms with Gasteiger partial charge in [-0.15, -0.1) is 10.2 Å². The van der Waals surface area contributed by atoms with Crippen LogP contribution < -0.4 is 14.8 Å². The Kier molecular flexibility index (Phi) is 6.45. The summed E-state index contributed by atoms with van der Waals surface area (Å²) in [6, 6.07) is 10.8. The lowest BCUT2D eigenvalue weighted by atomic mass is 9.82. The zero-order valence-corrected chi connectivity index (χ0v) is 17.7. The van der Waals surface area contributed by atoms with Crippen LogP contribution in [0.15, 0.2) is 47.0 Å². The van der Waals surface area contributed by atoms with Crippen molar-refractivity contribution in [3.8, 4) is 23.1 Å². The van der Waals surface area contributed by atoms with Crippen LogP contribution >= 0.6 is 0 Å². The van der Waals surface area contributed by atoms with Crippen LogP contribution in [-0.4, -0.2) is 41.9 Å². The second-order valence-corrected chi connectivity index (χ2v) is 7.65. The SMILES string of the molecule is COc1ccc(C(=O)NCC2CCC(c3nnc(-c4ccccn4)o3)CC2)c(OC)c1. The number of amides is 1. The number of pyridine rings is 1. The number of aromatic nitrogens is 3. The molecule has 0 radical (unpaired) electrons. The Balaban J connectivity index is 1.29. The van der Waals surface area contributed by atoms with E-state index < -0.39 is 0 Å².